The van der Waals surface area contributed by atoms with Crippen LogP contribution in [0.1, 0.15) is 24.4 Å². The fourth-order valence-corrected chi connectivity index (χ4v) is 2.60. The Morgan fingerprint density at radius 3 is 3.00 bits per heavy atom. The van der Waals surface area contributed by atoms with Crippen molar-refractivity contribution in [2.24, 2.45) is 0 Å². The molecule has 1 aliphatic heterocycles. The molecule has 1 aromatic carbocycles. The average Bonchev–Trinajstić information content (AvgIpc) is 2.91. The van der Waals surface area contributed by atoms with Crippen LogP contribution in [0.5, 0.6) is 5.88 Å². The van der Waals surface area contributed by atoms with Crippen LogP contribution in [0.4, 0.5) is 0 Å². The third kappa shape index (κ3) is 1.76. The number of methoxy groups -OCH3 is 1. The topological polar surface area (TPSA) is 34.1 Å². The fourth-order valence-electron chi connectivity index (χ4n) is 2.60. The molecule has 2 heterocycles. The monoisotopic (exact) mass is 228 g/mol. The van der Waals surface area contributed by atoms with Crippen molar-refractivity contribution in [1.29, 1.82) is 0 Å². The molecule has 1 N–H and O–H groups in total. The van der Waals surface area contributed by atoms with E-state index < -0.39 is 0 Å². The highest BCUT2D eigenvalue weighted by molar-refractivity contribution is 5.86. The van der Waals surface area contributed by atoms with E-state index in [-0.39, 0.29) is 0 Å². The van der Waals surface area contributed by atoms with E-state index in [4.69, 9.17) is 4.74 Å². The van der Waals surface area contributed by atoms with Crippen LogP contribution < -0.4 is 10.1 Å². The number of hydrogen-bond donors (Lipinski definition) is 1. The Morgan fingerprint density at radius 2 is 2.24 bits per heavy atom. The van der Waals surface area contributed by atoms with Gasteiger partial charge in [0.2, 0.25) is 5.88 Å². The van der Waals surface area contributed by atoms with Crippen LogP contribution in [0.15, 0.2) is 30.5 Å². The Morgan fingerprint density at radius 1 is 1.35 bits per heavy atom. The van der Waals surface area contributed by atoms with E-state index in [9.17, 15) is 0 Å². The highest BCUT2D eigenvalue weighted by atomic mass is 16.5. The van der Waals surface area contributed by atoms with Gasteiger partial charge in [0.05, 0.1) is 7.11 Å². The maximum Gasteiger partial charge on any atom is 0.218 e. The zero-order valence-electron chi connectivity index (χ0n) is 9.94. The second-order valence-corrected chi connectivity index (χ2v) is 4.42. The van der Waals surface area contributed by atoms with Gasteiger partial charge in [-0.15, -0.1) is 0 Å². The van der Waals surface area contributed by atoms with E-state index in [0.29, 0.717) is 6.04 Å². The maximum absolute atomic E-state index is 5.41. The minimum atomic E-state index is 0.378. The lowest BCUT2D eigenvalue weighted by Crippen LogP contribution is -2.14. The summed E-state index contributed by atoms with van der Waals surface area (Å²) in [4.78, 5) is 4.41. The highest BCUT2D eigenvalue weighted by Gasteiger charge is 2.22. The third-order valence-electron chi connectivity index (χ3n) is 3.40. The Bertz CT molecular complexity index is 533. The molecule has 0 aliphatic carbocycles. The summed E-state index contributed by atoms with van der Waals surface area (Å²) in [7, 11) is 1.69. The van der Waals surface area contributed by atoms with Gasteiger partial charge in [-0.25, -0.2) is 4.98 Å². The molecule has 0 amide bonds. The van der Waals surface area contributed by atoms with Crippen LogP contribution >= 0.6 is 0 Å². The van der Waals surface area contributed by atoms with Gasteiger partial charge in [-0.05, 0) is 24.8 Å². The first-order valence-corrected chi connectivity index (χ1v) is 6.05. The molecule has 1 atom stereocenters. The molecule has 0 bridgehead atoms. The van der Waals surface area contributed by atoms with Gasteiger partial charge in [0.25, 0.3) is 0 Å². The van der Waals surface area contributed by atoms with Crippen LogP contribution in [0.25, 0.3) is 10.8 Å². The van der Waals surface area contributed by atoms with Crippen molar-refractivity contribution in [3.8, 4) is 5.88 Å². The van der Waals surface area contributed by atoms with Crippen molar-refractivity contribution in [3.05, 3.63) is 36.0 Å². The number of aromatic nitrogens is 1. The van der Waals surface area contributed by atoms with Crippen molar-refractivity contribution in [2.45, 2.75) is 18.9 Å². The molecule has 1 fully saturated rings. The molecule has 17 heavy (non-hydrogen) atoms. The van der Waals surface area contributed by atoms with E-state index in [2.05, 4.69) is 28.5 Å². The predicted octanol–water partition coefficient (Wildman–Crippen LogP) is 2.67. The number of ether oxygens (including phenoxy) is 1. The molecule has 88 valence electrons. The summed E-state index contributed by atoms with van der Waals surface area (Å²) >= 11 is 0. The molecule has 3 heteroatoms. The van der Waals surface area contributed by atoms with Gasteiger partial charge in [-0.1, -0.05) is 24.3 Å². The average molecular weight is 228 g/mol. The molecule has 3 rings (SSSR count). The molecule has 2 aromatic rings. The Balaban J connectivity index is 2.23. The number of nitrogens with zero attached hydrogens (tertiary/aromatic N) is 1. The Kier molecular flexibility index (Phi) is 2.69. The van der Waals surface area contributed by atoms with Crippen molar-refractivity contribution in [2.75, 3.05) is 13.7 Å². The second kappa shape index (κ2) is 4.34. The van der Waals surface area contributed by atoms with E-state index in [1.165, 1.54) is 22.8 Å². The smallest absolute Gasteiger partial charge is 0.218 e. The first-order chi connectivity index (χ1) is 8.40. The molecular formula is C14H16N2O. The van der Waals surface area contributed by atoms with Gasteiger partial charge < -0.3 is 10.1 Å². The number of pyridine rings is 1. The number of hydrogen-bond acceptors (Lipinski definition) is 3. The number of nitrogens with one attached hydrogen (secondary N) is 1. The van der Waals surface area contributed by atoms with Gasteiger partial charge in [-0.3, -0.25) is 0 Å². The van der Waals surface area contributed by atoms with E-state index in [0.717, 1.165) is 18.8 Å². The number of benzene rings is 1. The second-order valence-electron chi connectivity index (χ2n) is 4.42. The molecule has 0 unspecified atom stereocenters. The van der Waals surface area contributed by atoms with Crippen molar-refractivity contribution in [1.82, 2.24) is 10.3 Å². The first-order valence-electron chi connectivity index (χ1n) is 6.05. The minimum Gasteiger partial charge on any atom is -0.481 e. The van der Waals surface area contributed by atoms with Crippen molar-refractivity contribution >= 4 is 10.8 Å². The third-order valence-corrected chi connectivity index (χ3v) is 3.40. The van der Waals surface area contributed by atoms with Crippen LogP contribution in [0.2, 0.25) is 0 Å². The van der Waals surface area contributed by atoms with E-state index in [1.54, 1.807) is 7.11 Å². The highest BCUT2D eigenvalue weighted by Crippen LogP contribution is 2.34. The Hall–Kier alpha value is -1.61. The predicted molar refractivity (Wildman–Crippen MR) is 68.3 cm³/mol. The zero-order chi connectivity index (χ0) is 11.7. The summed E-state index contributed by atoms with van der Waals surface area (Å²) in [6.07, 6.45) is 4.26. The molecule has 1 aliphatic rings. The van der Waals surface area contributed by atoms with Crippen molar-refractivity contribution in [3.63, 3.8) is 0 Å². The summed E-state index contributed by atoms with van der Waals surface area (Å²) < 4.78 is 5.41. The normalized spacial score (nSPS) is 19.7. The molecular weight excluding hydrogens is 212 g/mol. The van der Waals surface area contributed by atoms with Crippen LogP contribution in [-0.4, -0.2) is 18.6 Å². The lowest BCUT2D eigenvalue weighted by Gasteiger charge is -2.16. The summed E-state index contributed by atoms with van der Waals surface area (Å²) in [5, 5.41) is 5.95. The minimum absolute atomic E-state index is 0.378. The lowest BCUT2D eigenvalue weighted by atomic mass is 10.00. The summed E-state index contributed by atoms with van der Waals surface area (Å²) in [5.41, 5.74) is 1.21. The quantitative estimate of drug-likeness (QED) is 0.858. The molecule has 1 saturated heterocycles. The van der Waals surface area contributed by atoms with Gasteiger partial charge in [0.1, 0.15) is 0 Å². The fraction of sp³-hybridized carbons (Fsp3) is 0.357. The van der Waals surface area contributed by atoms with Gasteiger partial charge in [0, 0.05) is 23.2 Å². The molecule has 3 nitrogen and oxygen atoms in total. The van der Waals surface area contributed by atoms with Gasteiger partial charge >= 0.3 is 0 Å². The number of fused-ring (bicyclic) bond motifs is 1. The van der Waals surface area contributed by atoms with Crippen molar-refractivity contribution < 1.29 is 4.74 Å². The first kappa shape index (κ1) is 10.5. The van der Waals surface area contributed by atoms with Crippen LogP contribution in [0, 0.1) is 0 Å². The molecule has 1 aromatic heterocycles. The molecule has 0 radical (unpaired) electrons. The summed E-state index contributed by atoms with van der Waals surface area (Å²) in [6.45, 7) is 1.08. The molecule has 0 saturated carbocycles. The molecule has 0 spiro atoms. The maximum atomic E-state index is 5.41. The zero-order valence-corrected chi connectivity index (χ0v) is 9.94. The summed E-state index contributed by atoms with van der Waals surface area (Å²) in [5.74, 6) is 0.753. The van der Waals surface area contributed by atoms with Gasteiger partial charge in [-0.2, -0.15) is 0 Å². The van der Waals surface area contributed by atoms with E-state index in [1.807, 2.05) is 12.3 Å². The Labute approximate surface area is 101 Å². The van der Waals surface area contributed by atoms with Crippen LogP contribution in [0.3, 0.4) is 0 Å². The van der Waals surface area contributed by atoms with Gasteiger partial charge in [0.15, 0.2) is 0 Å². The largest absolute Gasteiger partial charge is 0.481 e. The standard InChI is InChI=1S/C14H16N2O/c1-17-14-13(12-7-4-8-15-12)11-6-3-2-5-10(11)9-16-14/h2-3,5-6,9,12,15H,4,7-8H2,1H3/t12-/m1/s1. The summed E-state index contributed by atoms with van der Waals surface area (Å²) in [6, 6.07) is 8.74. The van der Waals surface area contributed by atoms with E-state index >= 15 is 0 Å². The number of rotatable bonds is 2. The lowest BCUT2D eigenvalue weighted by molar-refractivity contribution is 0.388. The SMILES string of the molecule is COc1ncc2ccccc2c1[C@H]1CCCN1. The van der Waals surface area contributed by atoms with Crippen LogP contribution in [-0.2, 0) is 0 Å².